The lowest BCUT2D eigenvalue weighted by atomic mass is 10.1. The molecule has 1 aliphatic heterocycles. The van der Waals surface area contributed by atoms with E-state index < -0.39 is 10.0 Å². The molecule has 2 aromatic rings. The van der Waals surface area contributed by atoms with Crippen LogP contribution < -0.4 is 10.0 Å². The second-order valence-electron chi connectivity index (χ2n) is 6.24. The zero-order chi connectivity index (χ0) is 18.9. The molecule has 0 spiro atoms. The van der Waals surface area contributed by atoms with Crippen molar-refractivity contribution in [2.24, 2.45) is 4.99 Å². The van der Waals surface area contributed by atoms with Crippen molar-refractivity contribution < 1.29 is 17.6 Å². The van der Waals surface area contributed by atoms with E-state index >= 15 is 0 Å². The number of nitrogens with zero attached hydrogens (tertiary/aromatic N) is 1. The number of amidine groups is 1. The number of nitrogens with one attached hydrogen (secondary N) is 2. The number of aryl methyl sites for hydroxylation is 2. The molecule has 0 aliphatic carbocycles. The minimum atomic E-state index is -3.55. The number of hydrogen-bond donors (Lipinski definition) is 2. The number of fused-ring (bicyclic) bond motifs is 1. The molecule has 26 heavy (non-hydrogen) atoms. The standard InChI is InChI=1S/C18H21N3O4S/c1-11-10-15(13(3)25-11)12(2)20-17(22)8-9-19-18-14-6-4-5-7-16(14)26(23,24)21-18/h4-7,10,12H,8-9H2,1-3H3,(H,19,21)(H,20,22)/t12-/m1/s1. The van der Waals surface area contributed by atoms with Gasteiger partial charge in [0, 0.05) is 17.5 Å². The molecule has 1 aliphatic rings. The van der Waals surface area contributed by atoms with Crippen molar-refractivity contribution in [2.75, 3.05) is 6.54 Å². The lowest BCUT2D eigenvalue weighted by molar-refractivity contribution is -0.121. The third-order valence-electron chi connectivity index (χ3n) is 4.19. The summed E-state index contributed by atoms with van der Waals surface area (Å²) in [5.74, 6) is 1.71. The summed E-state index contributed by atoms with van der Waals surface area (Å²) in [6.07, 6.45) is 0.160. The van der Waals surface area contributed by atoms with Crippen LogP contribution in [0.15, 0.2) is 44.6 Å². The van der Waals surface area contributed by atoms with Gasteiger partial charge in [-0.1, -0.05) is 12.1 Å². The van der Waals surface area contributed by atoms with Gasteiger partial charge in [-0.2, -0.15) is 0 Å². The first kappa shape index (κ1) is 18.2. The Morgan fingerprint density at radius 2 is 2.04 bits per heavy atom. The van der Waals surface area contributed by atoms with Gasteiger partial charge in [0.1, 0.15) is 17.4 Å². The first-order valence-corrected chi connectivity index (χ1v) is 9.79. The summed E-state index contributed by atoms with van der Waals surface area (Å²) in [5, 5.41) is 2.90. The molecular weight excluding hydrogens is 354 g/mol. The van der Waals surface area contributed by atoms with Gasteiger partial charge in [0.05, 0.1) is 17.5 Å². The molecule has 0 saturated carbocycles. The van der Waals surface area contributed by atoms with Crippen LogP contribution in [0.3, 0.4) is 0 Å². The van der Waals surface area contributed by atoms with Gasteiger partial charge >= 0.3 is 0 Å². The molecular formula is C18H21N3O4S. The van der Waals surface area contributed by atoms with Crippen LogP contribution >= 0.6 is 0 Å². The van der Waals surface area contributed by atoms with Crippen LogP contribution in [-0.2, 0) is 14.8 Å². The fraction of sp³-hybridized carbons (Fsp3) is 0.333. The SMILES string of the molecule is Cc1cc([C@@H](C)NC(=O)CCN=C2NS(=O)(=O)c3ccccc32)c(C)o1. The van der Waals surface area contributed by atoms with E-state index in [1.54, 1.807) is 18.2 Å². The first-order valence-electron chi connectivity index (χ1n) is 8.31. The molecule has 0 fully saturated rings. The molecule has 8 heteroatoms. The Morgan fingerprint density at radius 3 is 2.73 bits per heavy atom. The predicted molar refractivity (Wildman–Crippen MR) is 97.5 cm³/mol. The van der Waals surface area contributed by atoms with Crippen molar-refractivity contribution in [3.05, 3.63) is 53.0 Å². The molecule has 0 radical (unpaired) electrons. The highest BCUT2D eigenvalue weighted by Gasteiger charge is 2.29. The maximum absolute atomic E-state index is 12.1. The molecule has 3 rings (SSSR count). The molecule has 7 nitrogen and oxygen atoms in total. The summed E-state index contributed by atoms with van der Waals surface area (Å²) in [7, 11) is -3.55. The molecule has 1 aromatic heterocycles. The monoisotopic (exact) mass is 375 g/mol. The number of rotatable bonds is 5. The second-order valence-corrected chi connectivity index (χ2v) is 7.89. The Kier molecular flexibility index (Phi) is 4.86. The van der Waals surface area contributed by atoms with E-state index in [1.807, 2.05) is 26.8 Å². The highest BCUT2D eigenvalue weighted by molar-refractivity contribution is 7.90. The van der Waals surface area contributed by atoms with Crippen LogP contribution in [0.1, 0.15) is 42.0 Å². The van der Waals surface area contributed by atoms with Crippen LogP contribution in [-0.4, -0.2) is 26.7 Å². The Bertz CT molecular complexity index is 976. The van der Waals surface area contributed by atoms with Crippen molar-refractivity contribution in [2.45, 2.75) is 38.1 Å². The van der Waals surface area contributed by atoms with Crippen LogP contribution in [0, 0.1) is 13.8 Å². The zero-order valence-corrected chi connectivity index (χ0v) is 15.7. The molecule has 1 amide bonds. The van der Waals surface area contributed by atoms with Crippen LogP contribution in [0.2, 0.25) is 0 Å². The quantitative estimate of drug-likeness (QED) is 0.836. The normalized spacial score (nSPS) is 17.6. The number of aliphatic imine (C=N–C) groups is 1. The number of benzene rings is 1. The van der Waals surface area contributed by atoms with Crippen molar-refractivity contribution >= 4 is 21.8 Å². The number of furan rings is 1. The van der Waals surface area contributed by atoms with Crippen LogP contribution in [0.4, 0.5) is 0 Å². The van der Waals surface area contributed by atoms with E-state index in [4.69, 9.17) is 4.42 Å². The molecule has 0 bridgehead atoms. The van der Waals surface area contributed by atoms with Crippen LogP contribution in [0.5, 0.6) is 0 Å². The Hall–Kier alpha value is -2.61. The third-order valence-corrected chi connectivity index (χ3v) is 5.59. The van der Waals surface area contributed by atoms with Crippen molar-refractivity contribution in [1.29, 1.82) is 0 Å². The van der Waals surface area contributed by atoms with Gasteiger partial charge in [-0.3, -0.25) is 14.5 Å². The second kappa shape index (κ2) is 6.95. The molecule has 138 valence electrons. The maximum Gasteiger partial charge on any atom is 0.263 e. The van der Waals surface area contributed by atoms with Crippen molar-refractivity contribution in [3.63, 3.8) is 0 Å². The summed E-state index contributed by atoms with van der Waals surface area (Å²) in [4.78, 5) is 16.6. The minimum Gasteiger partial charge on any atom is -0.466 e. The number of sulfonamides is 1. The first-order chi connectivity index (χ1) is 12.3. The molecule has 2 N–H and O–H groups in total. The van der Waals surface area contributed by atoms with E-state index in [-0.39, 0.29) is 35.6 Å². The Labute approximate surface area is 152 Å². The number of carbonyl (C=O) groups excluding carboxylic acids is 1. The van der Waals surface area contributed by atoms with Crippen molar-refractivity contribution in [3.8, 4) is 0 Å². The summed E-state index contributed by atoms with van der Waals surface area (Å²) in [6, 6.07) is 8.38. The van der Waals surface area contributed by atoms with E-state index in [2.05, 4.69) is 15.0 Å². The lowest BCUT2D eigenvalue weighted by Crippen LogP contribution is -2.27. The number of carbonyl (C=O) groups is 1. The van der Waals surface area contributed by atoms with Gasteiger partial charge < -0.3 is 9.73 Å². The zero-order valence-electron chi connectivity index (χ0n) is 14.9. The van der Waals surface area contributed by atoms with Gasteiger partial charge in [0.15, 0.2) is 0 Å². The highest BCUT2D eigenvalue weighted by Crippen LogP contribution is 2.23. The fourth-order valence-corrected chi connectivity index (χ4v) is 4.24. The lowest BCUT2D eigenvalue weighted by Gasteiger charge is -2.12. The van der Waals surface area contributed by atoms with E-state index in [9.17, 15) is 13.2 Å². The number of amides is 1. The fourth-order valence-electron chi connectivity index (χ4n) is 2.99. The minimum absolute atomic E-state index is 0.158. The number of hydrogen-bond acceptors (Lipinski definition) is 5. The molecule has 1 atom stereocenters. The van der Waals surface area contributed by atoms with Crippen molar-refractivity contribution in [1.82, 2.24) is 10.0 Å². The van der Waals surface area contributed by atoms with Crippen LogP contribution in [0.25, 0.3) is 0 Å². The van der Waals surface area contributed by atoms with Gasteiger partial charge in [-0.25, -0.2) is 8.42 Å². The predicted octanol–water partition coefficient (Wildman–Crippen LogP) is 2.20. The molecule has 1 aromatic carbocycles. The molecule has 0 unspecified atom stereocenters. The molecule has 0 saturated heterocycles. The van der Waals surface area contributed by atoms with Gasteiger partial charge in [-0.05, 0) is 39.0 Å². The Morgan fingerprint density at radius 1 is 1.31 bits per heavy atom. The Balaban J connectivity index is 1.61. The highest BCUT2D eigenvalue weighted by atomic mass is 32.2. The topological polar surface area (TPSA) is 101 Å². The van der Waals surface area contributed by atoms with E-state index in [1.165, 1.54) is 6.07 Å². The summed E-state index contributed by atoms with van der Waals surface area (Å²) >= 11 is 0. The summed E-state index contributed by atoms with van der Waals surface area (Å²) in [5.41, 5.74) is 1.48. The van der Waals surface area contributed by atoms with Gasteiger partial charge in [0.2, 0.25) is 5.91 Å². The third kappa shape index (κ3) is 3.65. The average molecular weight is 375 g/mol. The van der Waals surface area contributed by atoms with Gasteiger partial charge in [0.25, 0.3) is 10.0 Å². The van der Waals surface area contributed by atoms with E-state index in [0.717, 1.165) is 17.1 Å². The summed E-state index contributed by atoms with van der Waals surface area (Å²) < 4.78 is 31.9. The maximum atomic E-state index is 12.1. The smallest absolute Gasteiger partial charge is 0.263 e. The summed E-state index contributed by atoms with van der Waals surface area (Å²) in [6.45, 7) is 5.80. The van der Waals surface area contributed by atoms with Gasteiger partial charge in [-0.15, -0.1) is 0 Å². The average Bonchev–Trinajstić information content (AvgIpc) is 3.04. The molecule has 2 heterocycles. The largest absolute Gasteiger partial charge is 0.466 e. The van der Waals surface area contributed by atoms with E-state index in [0.29, 0.717) is 5.56 Å².